The van der Waals surface area contributed by atoms with Gasteiger partial charge in [-0.2, -0.15) is 0 Å². The highest BCUT2D eigenvalue weighted by atomic mass is 16.1. The van der Waals surface area contributed by atoms with Crippen LogP contribution in [0.5, 0.6) is 0 Å². The minimum absolute atomic E-state index is 0.394. The second kappa shape index (κ2) is 4.84. The van der Waals surface area contributed by atoms with Crippen molar-refractivity contribution in [1.29, 1.82) is 0 Å². The van der Waals surface area contributed by atoms with Crippen LogP contribution >= 0.6 is 0 Å². The predicted molar refractivity (Wildman–Crippen MR) is 86.9 cm³/mol. The number of aromatic nitrogens is 2. The summed E-state index contributed by atoms with van der Waals surface area (Å²) in [7, 11) is 0. The van der Waals surface area contributed by atoms with Gasteiger partial charge in [0.2, 0.25) is 5.91 Å². The molecule has 0 radical (unpaired) electrons. The number of rotatable bonds is 2. The monoisotopic (exact) mass is 289 g/mol. The number of fused-ring (bicyclic) bond motifs is 2. The topological polar surface area (TPSA) is 60.9 Å². The molecule has 3 aromatic rings. The van der Waals surface area contributed by atoms with Crippen molar-refractivity contribution in [3.63, 3.8) is 0 Å². The highest BCUT2D eigenvalue weighted by Gasteiger charge is 2.16. The van der Waals surface area contributed by atoms with Crippen LogP contribution in [0.25, 0.3) is 22.8 Å². The fourth-order valence-electron chi connectivity index (χ4n) is 3.06. The Kier molecular flexibility index (Phi) is 2.82. The van der Waals surface area contributed by atoms with Crippen LogP contribution in [0.1, 0.15) is 27.9 Å². The molecule has 0 saturated heterocycles. The molecule has 22 heavy (non-hydrogen) atoms. The molecule has 0 saturated carbocycles. The minimum atomic E-state index is -0.394. The molecule has 1 amide bonds. The molecule has 0 bridgehead atoms. The number of carbonyl (C=O) groups excluding carboxylic acids is 1. The molecular weight excluding hydrogens is 274 g/mol. The lowest BCUT2D eigenvalue weighted by molar-refractivity contribution is 0.1000. The first-order chi connectivity index (χ1) is 10.7. The molecule has 2 heterocycles. The molecule has 4 nitrogen and oxygen atoms in total. The van der Waals surface area contributed by atoms with E-state index in [2.05, 4.69) is 17.1 Å². The van der Waals surface area contributed by atoms with Gasteiger partial charge in [-0.05, 0) is 54.3 Å². The van der Waals surface area contributed by atoms with Gasteiger partial charge in [-0.1, -0.05) is 12.2 Å². The third-order valence-corrected chi connectivity index (χ3v) is 4.11. The zero-order valence-corrected chi connectivity index (χ0v) is 12.0. The number of hydrogen-bond acceptors (Lipinski definition) is 2. The van der Waals surface area contributed by atoms with Gasteiger partial charge in [0, 0.05) is 29.0 Å². The molecule has 1 aliphatic carbocycles. The van der Waals surface area contributed by atoms with E-state index in [9.17, 15) is 4.79 Å². The number of benzene rings is 1. The summed E-state index contributed by atoms with van der Waals surface area (Å²) in [5.74, 6) is -0.394. The molecule has 2 aromatic heterocycles. The van der Waals surface area contributed by atoms with Crippen LogP contribution in [0.2, 0.25) is 0 Å². The normalized spacial score (nSPS) is 13.3. The molecule has 0 atom stereocenters. The Morgan fingerprint density at radius 3 is 3.05 bits per heavy atom. The van der Waals surface area contributed by atoms with Crippen molar-refractivity contribution < 1.29 is 4.79 Å². The number of pyridine rings is 1. The van der Waals surface area contributed by atoms with Gasteiger partial charge in [0.25, 0.3) is 0 Å². The van der Waals surface area contributed by atoms with Crippen molar-refractivity contribution in [2.75, 3.05) is 0 Å². The van der Waals surface area contributed by atoms with Crippen LogP contribution in [0, 0.1) is 0 Å². The van der Waals surface area contributed by atoms with Crippen LogP contribution in [-0.2, 0) is 6.42 Å². The van der Waals surface area contributed by atoms with E-state index in [1.807, 2.05) is 41.1 Å². The number of allylic oxidation sites excluding steroid dienone is 1. The second-order valence-corrected chi connectivity index (χ2v) is 5.47. The molecule has 0 aliphatic heterocycles. The Morgan fingerprint density at radius 1 is 1.27 bits per heavy atom. The number of primary amides is 1. The third-order valence-electron chi connectivity index (χ3n) is 4.11. The van der Waals surface area contributed by atoms with Crippen LogP contribution in [0.4, 0.5) is 0 Å². The lowest BCUT2D eigenvalue weighted by Crippen LogP contribution is -2.15. The molecule has 0 unspecified atom stereocenters. The highest BCUT2D eigenvalue weighted by Crippen LogP contribution is 2.28. The molecule has 0 fully saturated rings. The van der Waals surface area contributed by atoms with Crippen molar-refractivity contribution in [3.05, 3.63) is 65.5 Å². The van der Waals surface area contributed by atoms with Crippen LogP contribution in [0.15, 0.2) is 48.8 Å². The summed E-state index contributed by atoms with van der Waals surface area (Å²) >= 11 is 0. The Labute approximate surface area is 127 Å². The van der Waals surface area contributed by atoms with Gasteiger partial charge < -0.3 is 10.3 Å². The van der Waals surface area contributed by atoms with Crippen LogP contribution < -0.4 is 5.73 Å². The summed E-state index contributed by atoms with van der Waals surface area (Å²) in [5, 5.41) is 1.07. The van der Waals surface area contributed by atoms with Crippen molar-refractivity contribution in [2.24, 2.45) is 5.73 Å². The first-order valence-electron chi connectivity index (χ1n) is 7.30. The lowest BCUT2D eigenvalue weighted by atomic mass is 9.92. The first kappa shape index (κ1) is 12.8. The van der Waals surface area contributed by atoms with E-state index in [0.717, 1.165) is 40.7 Å². The molecule has 2 N–H and O–H groups in total. The summed E-state index contributed by atoms with van der Waals surface area (Å²) in [6.45, 7) is 0. The Bertz CT molecular complexity index is 921. The zero-order chi connectivity index (χ0) is 15.1. The van der Waals surface area contributed by atoms with Crippen molar-refractivity contribution in [2.45, 2.75) is 12.8 Å². The van der Waals surface area contributed by atoms with E-state index in [1.54, 1.807) is 6.20 Å². The lowest BCUT2D eigenvalue weighted by Gasteiger charge is -2.16. The fourth-order valence-corrected chi connectivity index (χ4v) is 3.06. The number of carbonyl (C=O) groups is 1. The SMILES string of the molecule is NC(=O)c1cc(-n2ccc3cccnc32)cc2c1C=CCC2. The molecule has 1 aromatic carbocycles. The van der Waals surface area contributed by atoms with E-state index in [-0.39, 0.29) is 0 Å². The van der Waals surface area contributed by atoms with Gasteiger partial charge >= 0.3 is 0 Å². The Morgan fingerprint density at radius 2 is 2.18 bits per heavy atom. The largest absolute Gasteiger partial charge is 0.366 e. The first-order valence-corrected chi connectivity index (χ1v) is 7.30. The second-order valence-electron chi connectivity index (χ2n) is 5.47. The van der Waals surface area contributed by atoms with Gasteiger partial charge in [0.05, 0.1) is 0 Å². The molecule has 0 spiro atoms. The summed E-state index contributed by atoms with van der Waals surface area (Å²) in [6.07, 6.45) is 9.74. The predicted octanol–water partition coefficient (Wildman–Crippen LogP) is 3.08. The minimum Gasteiger partial charge on any atom is -0.366 e. The maximum Gasteiger partial charge on any atom is 0.249 e. The van der Waals surface area contributed by atoms with Crippen molar-refractivity contribution >= 4 is 23.0 Å². The third kappa shape index (κ3) is 1.92. The van der Waals surface area contributed by atoms with Gasteiger partial charge in [-0.15, -0.1) is 0 Å². The Balaban J connectivity index is 1.98. The molecule has 108 valence electrons. The van der Waals surface area contributed by atoms with E-state index in [4.69, 9.17) is 5.73 Å². The summed E-state index contributed by atoms with van der Waals surface area (Å²) < 4.78 is 2.00. The molecule has 4 heteroatoms. The van der Waals surface area contributed by atoms with Crippen molar-refractivity contribution in [1.82, 2.24) is 9.55 Å². The Hall–Kier alpha value is -2.88. The standard InChI is InChI=1S/C18H15N3O/c19-17(22)16-11-14(10-13-4-1-2-6-15(13)16)21-9-7-12-5-3-8-20-18(12)21/h2-3,5-11H,1,4H2,(H2,19,22). The van der Waals surface area contributed by atoms with Gasteiger partial charge in [0.15, 0.2) is 0 Å². The van der Waals surface area contributed by atoms with E-state index in [0.29, 0.717) is 5.56 Å². The summed E-state index contributed by atoms with van der Waals surface area (Å²) in [5.41, 5.74) is 10.1. The van der Waals surface area contributed by atoms with E-state index >= 15 is 0 Å². The number of nitrogens with two attached hydrogens (primary N) is 1. The van der Waals surface area contributed by atoms with Crippen LogP contribution in [-0.4, -0.2) is 15.5 Å². The summed E-state index contributed by atoms with van der Waals surface area (Å²) in [4.78, 5) is 16.3. The van der Waals surface area contributed by atoms with Gasteiger partial charge in [-0.3, -0.25) is 4.79 Å². The van der Waals surface area contributed by atoms with Gasteiger partial charge in [0.1, 0.15) is 5.65 Å². The molecular formula is C18H15N3O. The van der Waals surface area contributed by atoms with Crippen molar-refractivity contribution in [3.8, 4) is 5.69 Å². The number of amides is 1. The van der Waals surface area contributed by atoms with Gasteiger partial charge in [-0.25, -0.2) is 4.98 Å². The quantitative estimate of drug-likeness (QED) is 0.788. The number of hydrogen-bond donors (Lipinski definition) is 1. The maximum atomic E-state index is 11.8. The molecule has 4 rings (SSSR count). The average molecular weight is 289 g/mol. The zero-order valence-electron chi connectivity index (χ0n) is 12.0. The highest BCUT2D eigenvalue weighted by molar-refractivity contribution is 5.98. The molecule has 1 aliphatic rings. The van der Waals surface area contributed by atoms with E-state index in [1.165, 1.54) is 0 Å². The number of nitrogens with zero attached hydrogens (tertiary/aromatic N) is 2. The fraction of sp³-hybridized carbons (Fsp3) is 0.111. The summed E-state index contributed by atoms with van der Waals surface area (Å²) in [6, 6.07) is 9.93. The smallest absolute Gasteiger partial charge is 0.249 e. The van der Waals surface area contributed by atoms with E-state index < -0.39 is 5.91 Å². The van der Waals surface area contributed by atoms with Crippen LogP contribution in [0.3, 0.4) is 0 Å². The maximum absolute atomic E-state index is 11.8. The average Bonchev–Trinajstić information content (AvgIpc) is 2.97. The number of aryl methyl sites for hydroxylation is 1.